The first-order chi connectivity index (χ1) is 17.5. The van der Waals surface area contributed by atoms with Gasteiger partial charge in [-0.15, -0.1) is 0 Å². The second kappa shape index (κ2) is 21.7. The maximum absolute atomic E-state index is 12.6. The van der Waals surface area contributed by atoms with E-state index >= 15 is 0 Å². The number of rotatable bonds is 23. The molecule has 0 aliphatic carbocycles. The standard InChI is InChI=1S/C30H60N2O5/c1-6-8-9-10-11-12-15-19-24(20-16-13-14-17-21-26(34)25(33)18-7-2)32-27(35)22-23-31-29(37)28(36)30(3,4)5/h24-26,28,33-34,36H,6-23H2,1-5H3,(H,31,37)(H,32,35). The maximum Gasteiger partial charge on any atom is 0.249 e. The Balaban J connectivity index is 4.42. The molecule has 0 aromatic carbocycles. The Hall–Kier alpha value is -1.18. The summed E-state index contributed by atoms with van der Waals surface area (Å²) in [6.07, 6.45) is 14.5. The molecule has 7 nitrogen and oxygen atoms in total. The van der Waals surface area contributed by atoms with Gasteiger partial charge in [0, 0.05) is 19.0 Å². The van der Waals surface area contributed by atoms with Crippen molar-refractivity contribution in [3.63, 3.8) is 0 Å². The summed E-state index contributed by atoms with van der Waals surface area (Å²) in [7, 11) is 0. The zero-order valence-corrected chi connectivity index (χ0v) is 24.7. The minimum Gasteiger partial charge on any atom is -0.390 e. The highest BCUT2D eigenvalue weighted by Crippen LogP contribution is 2.19. The molecule has 0 spiro atoms. The van der Waals surface area contributed by atoms with Gasteiger partial charge in [-0.25, -0.2) is 0 Å². The van der Waals surface area contributed by atoms with Crippen molar-refractivity contribution >= 4 is 11.8 Å². The third-order valence-electron chi connectivity index (χ3n) is 7.07. The lowest BCUT2D eigenvalue weighted by atomic mass is 9.88. The van der Waals surface area contributed by atoms with Crippen molar-refractivity contribution in [2.45, 2.75) is 168 Å². The van der Waals surface area contributed by atoms with Crippen LogP contribution in [0.3, 0.4) is 0 Å². The molecule has 0 aliphatic heterocycles. The predicted molar refractivity (Wildman–Crippen MR) is 152 cm³/mol. The normalized spacial score (nSPS) is 15.1. The first kappa shape index (κ1) is 35.8. The quantitative estimate of drug-likeness (QED) is 0.114. The molecule has 4 atom stereocenters. The fraction of sp³-hybridized carbons (Fsp3) is 0.933. The van der Waals surface area contributed by atoms with Crippen molar-refractivity contribution in [3.05, 3.63) is 0 Å². The Bertz CT molecular complexity index is 579. The second-order valence-electron chi connectivity index (χ2n) is 11.9. The monoisotopic (exact) mass is 528 g/mol. The number of aliphatic hydroxyl groups is 3. The van der Waals surface area contributed by atoms with Gasteiger partial charge in [-0.3, -0.25) is 9.59 Å². The van der Waals surface area contributed by atoms with E-state index in [0.717, 1.165) is 51.4 Å². The fourth-order valence-corrected chi connectivity index (χ4v) is 4.50. The molecule has 37 heavy (non-hydrogen) atoms. The van der Waals surface area contributed by atoms with Gasteiger partial charge < -0.3 is 26.0 Å². The van der Waals surface area contributed by atoms with Gasteiger partial charge in [0.15, 0.2) is 0 Å². The summed E-state index contributed by atoms with van der Waals surface area (Å²) in [4.78, 5) is 24.6. The molecule has 0 radical (unpaired) electrons. The second-order valence-corrected chi connectivity index (χ2v) is 11.9. The molecule has 0 aromatic rings. The highest BCUT2D eigenvalue weighted by Gasteiger charge is 2.28. The number of amides is 2. The van der Waals surface area contributed by atoms with Crippen molar-refractivity contribution < 1.29 is 24.9 Å². The molecule has 0 heterocycles. The largest absolute Gasteiger partial charge is 0.390 e. The molecule has 0 aromatic heterocycles. The zero-order valence-electron chi connectivity index (χ0n) is 24.7. The van der Waals surface area contributed by atoms with Crippen LogP contribution in [0.4, 0.5) is 0 Å². The van der Waals surface area contributed by atoms with E-state index in [2.05, 4.69) is 17.6 Å². The Morgan fingerprint density at radius 2 is 1.16 bits per heavy atom. The Kier molecular flexibility index (Phi) is 21.0. The lowest BCUT2D eigenvalue weighted by Crippen LogP contribution is -2.44. The van der Waals surface area contributed by atoms with Crippen molar-refractivity contribution in [1.82, 2.24) is 10.6 Å². The summed E-state index contributed by atoms with van der Waals surface area (Å²) in [5.74, 6) is -0.501. The summed E-state index contributed by atoms with van der Waals surface area (Å²) in [5.41, 5.74) is -0.540. The zero-order chi connectivity index (χ0) is 28.1. The SMILES string of the molecule is CCCCCCCCCC(CCCCCCC(O)C(O)CCC)NC(=O)CCNC(=O)C(O)C(C)(C)C. The van der Waals surface area contributed by atoms with E-state index in [1.807, 2.05) is 6.92 Å². The van der Waals surface area contributed by atoms with Crippen molar-refractivity contribution in [2.24, 2.45) is 5.41 Å². The first-order valence-corrected chi connectivity index (χ1v) is 15.1. The van der Waals surface area contributed by atoms with Crippen LogP contribution < -0.4 is 10.6 Å². The van der Waals surface area contributed by atoms with Crippen LogP contribution in [-0.4, -0.2) is 58.0 Å². The minimum absolute atomic E-state index is 0.0634. The van der Waals surface area contributed by atoms with Crippen LogP contribution in [0.15, 0.2) is 0 Å². The lowest BCUT2D eigenvalue weighted by Gasteiger charge is -2.24. The average Bonchev–Trinajstić information content (AvgIpc) is 2.84. The molecule has 220 valence electrons. The first-order valence-electron chi connectivity index (χ1n) is 15.1. The van der Waals surface area contributed by atoms with Crippen LogP contribution in [0.25, 0.3) is 0 Å². The van der Waals surface area contributed by atoms with Gasteiger partial charge in [-0.05, 0) is 31.1 Å². The molecule has 2 amide bonds. The van der Waals surface area contributed by atoms with Gasteiger partial charge in [-0.1, -0.05) is 112 Å². The fourth-order valence-electron chi connectivity index (χ4n) is 4.50. The molecule has 0 aliphatic rings. The Morgan fingerprint density at radius 3 is 1.68 bits per heavy atom. The number of carbonyl (C=O) groups is 2. The molecular formula is C30H60N2O5. The number of hydrogen-bond donors (Lipinski definition) is 5. The van der Waals surface area contributed by atoms with E-state index in [9.17, 15) is 24.9 Å². The number of unbranched alkanes of at least 4 members (excludes halogenated alkanes) is 9. The van der Waals surface area contributed by atoms with Crippen molar-refractivity contribution in [3.8, 4) is 0 Å². The van der Waals surface area contributed by atoms with Crippen LogP contribution in [0, 0.1) is 5.41 Å². The third-order valence-corrected chi connectivity index (χ3v) is 7.07. The van der Waals surface area contributed by atoms with Crippen LogP contribution in [0.2, 0.25) is 0 Å². The van der Waals surface area contributed by atoms with Crippen LogP contribution in [0.1, 0.15) is 144 Å². The van der Waals surface area contributed by atoms with E-state index < -0.39 is 29.6 Å². The Labute approximate surface area is 227 Å². The highest BCUT2D eigenvalue weighted by atomic mass is 16.3. The van der Waals surface area contributed by atoms with E-state index in [4.69, 9.17) is 0 Å². The molecule has 0 fully saturated rings. The summed E-state index contributed by atoms with van der Waals surface area (Å²) in [6, 6.07) is 0.135. The molecule has 7 heteroatoms. The van der Waals surface area contributed by atoms with Crippen LogP contribution >= 0.6 is 0 Å². The molecule has 0 saturated heterocycles. The van der Waals surface area contributed by atoms with Gasteiger partial charge in [0.25, 0.3) is 0 Å². The smallest absolute Gasteiger partial charge is 0.249 e. The number of carbonyl (C=O) groups excluding carboxylic acids is 2. The van der Waals surface area contributed by atoms with Gasteiger partial charge in [-0.2, -0.15) is 0 Å². The summed E-state index contributed by atoms with van der Waals surface area (Å²) in [5, 5.41) is 35.8. The van der Waals surface area contributed by atoms with Crippen LogP contribution in [-0.2, 0) is 9.59 Å². The topological polar surface area (TPSA) is 119 Å². The summed E-state index contributed by atoms with van der Waals surface area (Å²) >= 11 is 0. The van der Waals surface area contributed by atoms with E-state index in [1.165, 1.54) is 38.5 Å². The van der Waals surface area contributed by atoms with Crippen molar-refractivity contribution in [1.29, 1.82) is 0 Å². The molecule has 0 saturated carbocycles. The van der Waals surface area contributed by atoms with E-state index in [-0.39, 0.29) is 24.9 Å². The predicted octanol–water partition coefficient (Wildman–Crippen LogP) is 5.39. The molecule has 4 unspecified atom stereocenters. The summed E-state index contributed by atoms with van der Waals surface area (Å²) in [6.45, 7) is 9.85. The van der Waals surface area contributed by atoms with Gasteiger partial charge in [0.1, 0.15) is 6.10 Å². The van der Waals surface area contributed by atoms with Gasteiger partial charge >= 0.3 is 0 Å². The Morgan fingerprint density at radius 1 is 0.676 bits per heavy atom. The van der Waals surface area contributed by atoms with E-state index in [0.29, 0.717) is 12.8 Å². The van der Waals surface area contributed by atoms with Gasteiger partial charge in [0.05, 0.1) is 12.2 Å². The average molecular weight is 529 g/mol. The molecule has 0 rings (SSSR count). The number of hydrogen-bond acceptors (Lipinski definition) is 5. The number of nitrogens with one attached hydrogen (secondary N) is 2. The highest BCUT2D eigenvalue weighted by molar-refractivity contribution is 5.82. The molecular weight excluding hydrogens is 468 g/mol. The minimum atomic E-state index is -1.10. The van der Waals surface area contributed by atoms with Gasteiger partial charge in [0.2, 0.25) is 11.8 Å². The lowest BCUT2D eigenvalue weighted by molar-refractivity contribution is -0.134. The molecule has 0 bridgehead atoms. The third kappa shape index (κ3) is 19.5. The van der Waals surface area contributed by atoms with Crippen molar-refractivity contribution in [2.75, 3.05) is 6.54 Å². The maximum atomic E-state index is 12.6. The number of aliphatic hydroxyl groups excluding tert-OH is 3. The molecule has 5 N–H and O–H groups in total. The van der Waals surface area contributed by atoms with E-state index in [1.54, 1.807) is 20.8 Å². The summed E-state index contributed by atoms with van der Waals surface area (Å²) < 4.78 is 0. The van der Waals surface area contributed by atoms with Crippen LogP contribution in [0.5, 0.6) is 0 Å².